The number of ketones is 1. The van der Waals surface area contributed by atoms with E-state index in [0.29, 0.717) is 52.1 Å². The summed E-state index contributed by atoms with van der Waals surface area (Å²) < 4.78 is 33.2. The predicted octanol–water partition coefficient (Wildman–Crippen LogP) is 3.66. The van der Waals surface area contributed by atoms with E-state index < -0.39 is 15.9 Å². The van der Waals surface area contributed by atoms with Crippen molar-refractivity contribution in [2.24, 2.45) is 5.92 Å². The van der Waals surface area contributed by atoms with Crippen molar-refractivity contribution in [3.8, 4) is 10.7 Å². The SMILES string of the molecule is CC(=O)c1cccc(NC(=O)[C@H]2CCCN(S(=O)(=O)c3cc(-c4noc(C)n4)sc3C)C2)c1. The number of hydrogen-bond acceptors (Lipinski definition) is 8. The van der Waals surface area contributed by atoms with Crippen molar-refractivity contribution in [2.75, 3.05) is 18.4 Å². The summed E-state index contributed by atoms with van der Waals surface area (Å²) in [5.41, 5.74) is 1.02. The van der Waals surface area contributed by atoms with E-state index in [-0.39, 0.29) is 23.1 Å². The largest absolute Gasteiger partial charge is 0.339 e. The van der Waals surface area contributed by atoms with Crippen LogP contribution in [-0.4, -0.2) is 47.6 Å². The van der Waals surface area contributed by atoms with Crippen LogP contribution in [0.4, 0.5) is 5.69 Å². The Labute approximate surface area is 195 Å². The van der Waals surface area contributed by atoms with Gasteiger partial charge in [0.15, 0.2) is 5.78 Å². The third-order valence-corrected chi connectivity index (χ3v) is 8.70. The van der Waals surface area contributed by atoms with Crippen molar-refractivity contribution >= 4 is 38.7 Å². The Morgan fingerprint density at radius 3 is 2.73 bits per heavy atom. The van der Waals surface area contributed by atoms with Gasteiger partial charge in [-0.05, 0) is 44.9 Å². The highest BCUT2D eigenvalue weighted by Gasteiger charge is 2.35. The number of carbonyl (C=O) groups is 2. The number of piperidine rings is 1. The van der Waals surface area contributed by atoms with Crippen molar-refractivity contribution in [1.82, 2.24) is 14.4 Å². The van der Waals surface area contributed by atoms with Gasteiger partial charge in [-0.3, -0.25) is 9.59 Å². The first kappa shape index (κ1) is 23.3. The van der Waals surface area contributed by atoms with Crippen LogP contribution in [0.1, 0.15) is 40.9 Å². The fourth-order valence-electron chi connectivity index (χ4n) is 3.81. The van der Waals surface area contributed by atoms with E-state index in [1.54, 1.807) is 44.2 Å². The normalized spacial score (nSPS) is 17.1. The number of thiophene rings is 1. The van der Waals surface area contributed by atoms with Gasteiger partial charge in [-0.15, -0.1) is 11.3 Å². The number of anilines is 1. The van der Waals surface area contributed by atoms with Gasteiger partial charge in [0.05, 0.1) is 15.7 Å². The number of hydrogen-bond donors (Lipinski definition) is 1. The molecule has 0 radical (unpaired) electrons. The summed E-state index contributed by atoms with van der Waals surface area (Å²) in [5.74, 6) is -0.0965. The molecule has 1 aromatic carbocycles. The molecule has 4 rings (SSSR count). The number of amides is 1. The Bertz CT molecular complexity index is 1310. The van der Waals surface area contributed by atoms with Gasteiger partial charge in [0, 0.05) is 36.1 Å². The maximum absolute atomic E-state index is 13.4. The molecule has 174 valence electrons. The molecule has 11 heteroatoms. The van der Waals surface area contributed by atoms with E-state index in [1.165, 1.54) is 22.6 Å². The molecule has 0 unspecified atom stereocenters. The maximum Gasteiger partial charge on any atom is 0.244 e. The average molecular weight is 489 g/mol. The number of nitrogens with zero attached hydrogens (tertiary/aromatic N) is 3. The molecule has 0 aliphatic carbocycles. The van der Waals surface area contributed by atoms with E-state index in [0.717, 1.165) is 0 Å². The van der Waals surface area contributed by atoms with Crippen LogP contribution in [-0.2, 0) is 14.8 Å². The highest BCUT2D eigenvalue weighted by molar-refractivity contribution is 7.89. The summed E-state index contributed by atoms with van der Waals surface area (Å²) >= 11 is 1.29. The van der Waals surface area contributed by atoms with E-state index in [4.69, 9.17) is 4.52 Å². The third kappa shape index (κ3) is 4.90. The van der Waals surface area contributed by atoms with Crippen LogP contribution in [0.3, 0.4) is 0 Å². The molecule has 3 heterocycles. The molecule has 2 aromatic heterocycles. The second-order valence-corrected chi connectivity index (χ2v) is 11.2. The molecule has 0 saturated carbocycles. The maximum atomic E-state index is 13.4. The second kappa shape index (κ2) is 9.16. The fraction of sp³-hybridized carbons (Fsp3) is 0.364. The molecule has 0 bridgehead atoms. The zero-order chi connectivity index (χ0) is 23.8. The summed E-state index contributed by atoms with van der Waals surface area (Å²) in [7, 11) is -3.80. The van der Waals surface area contributed by atoms with Crippen LogP contribution in [0.25, 0.3) is 10.7 Å². The van der Waals surface area contributed by atoms with Gasteiger partial charge in [0.1, 0.15) is 0 Å². The minimum absolute atomic E-state index is 0.0898. The van der Waals surface area contributed by atoms with E-state index in [1.807, 2.05) is 0 Å². The summed E-state index contributed by atoms with van der Waals surface area (Å²) in [6, 6.07) is 8.27. The van der Waals surface area contributed by atoms with Crippen LogP contribution in [0.2, 0.25) is 0 Å². The van der Waals surface area contributed by atoms with Gasteiger partial charge < -0.3 is 9.84 Å². The topological polar surface area (TPSA) is 122 Å². The Hall–Kier alpha value is -2.89. The van der Waals surface area contributed by atoms with Crippen LogP contribution >= 0.6 is 11.3 Å². The number of carbonyl (C=O) groups excluding carboxylic acids is 2. The zero-order valence-electron chi connectivity index (χ0n) is 18.5. The molecule has 1 atom stereocenters. The van der Waals surface area contributed by atoms with Crippen molar-refractivity contribution < 1.29 is 22.5 Å². The molecule has 1 aliphatic heterocycles. The molecule has 3 aromatic rings. The molecule has 9 nitrogen and oxygen atoms in total. The number of aryl methyl sites for hydroxylation is 2. The zero-order valence-corrected chi connectivity index (χ0v) is 20.1. The van der Waals surface area contributed by atoms with Gasteiger partial charge in [-0.1, -0.05) is 17.3 Å². The van der Waals surface area contributed by atoms with Crippen LogP contribution in [0.15, 0.2) is 39.8 Å². The van der Waals surface area contributed by atoms with Crippen LogP contribution < -0.4 is 5.32 Å². The Morgan fingerprint density at radius 2 is 2.03 bits per heavy atom. The minimum atomic E-state index is -3.80. The van der Waals surface area contributed by atoms with E-state index in [2.05, 4.69) is 15.5 Å². The lowest BCUT2D eigenvalue weighted by molar-refractivity contribution is -0.120. The Morgan fingerprint density at radius 1 is 1.24 bits per heavy atom. The first-order valence-corrected chi connectivity index (χ1v) is 12.7. The quantitative estimate of drug-likeness (QED) is 0.525. The van der Waals surface area contributed by atoms with Crippen molar-refractivity contribution in [3.05, 3.63) is 46.7 Å². The molecule has 0 spiro atoms. The van der Waals surface area contributed by atoms with Crippen molar-refractivity contribution in [1.29, 1.82) is 0 Å². The van der Waals surface area contributed by atoms with Crippen molar-refractivity contribution in [3.63, 3.8) is 0 Å². The molecular formula is C22H24N4O5S2. The molecular weight excluding hydrogens is 464 g/mol. The van der Waals surface area contributed by atoms with Gasteiger partial charge in [-0.25, -0.2) is 8.42 Å². The lowest BCUT2D eigenvalue weighted by Gasteiger charge is -2.31. The Balaban J connectivity index is 1.51. The second-order valence-electron chi connectivity index (χ2n) is 8.00. The molecule has 1 fully saturated rings. The number of rotatable bonds is 6. The number of Topliss-reactive ketones (excluding diaryl/α,β-unsaturated/α-hetero) is 1. The summed E-state index contributed by atoms with van der Waals surface area (Å²) in [5, 5.41) is 6.69. The first-order valence-electron chi connectivity index (χ1n) is 10.5. The lowest BCUT2D eigenvalue weighted by Crippen LogP contribution is -2.43. The smallest absolute Gasteiger partial charge is 0.244 e. The third-order valence-electron chi connectivity index (χ3n) is 5.53. The first-order chi connectivity index (χ1) is 15.6. The average Bonchev–Trinajstić information content (AvgIpc) is 3.40. The highest BCUT2D eigenvalue weighted by atomic mass is 32.2. The van der Waals surface area contributed by atoms with Gasteiger partial charge in [0.25, 0.3) is 0 Å². The molecule has 1 N–H and O–H groups in total. The number of sulfonamides is 1. The number of benzene rings is 1. The van der Waals surface area contributed by atoms with Crippen molar-refractivity contribution in [2.45, 2.75) is 38.5 Å². The fourth-order valence-corrected chi connectivity index (χ4v) is 6.81. The number of nitrogens with one attached hydrogen (secondary N) is 1. The lowest BCUT2D eigenvalue weighted by atomic mass is 9.98. The van der Waals surface area contributed by atoms with E-state index >= 15 is 0 Å². The molecule has 1 amide bonds. The summed E-state index contributed by atoms with van der Waals surface area (Å²) in [6.07, 6.45) is 1.16. The molecule has 1 saturated heterocycles. The molecule has 33 heavy (non-hydrogen) atoms. The van der Waals surface area contributed by atoms with Gasteiger partial charge in [0.2, 0.25) is 27.6 Å². The minimum Gasteiger partial charge on any atom is -0.339 e. The van der Waals surface area contributed by atoms with Gasteiger partial charge in [-0.2, -0.15) is 9.29 Å². The van der Waals surface area contributed by atoms with Gasteiger partial charge >= 0.3 is 0 Å². The monoisotopic (exact) mass is 488 g/mol. The highest BCUT2D eigenvalue weighted by Crippen LogP contribution is 2.35. The molecule has 1 aliphatic rings. The Kier molecular flexibility index (Phi) is 6.46. The van der Waals surface area contributed by atoms with Crippen LogP contribution in [0, 0.1) is 19.8 Å². The van der Waals surface area contributed by atoms with Crippen LogP contribution in [0.5, 0.6) is 0 Å². The predicted molar refractivity (Wildman–Crippen MR) is 124 cm³/mol. The summed E-state index contributed by atoms with van der Waals surface area (Å²) in [6.45, 7) is 5.31. The van der Waals surface area contributed by atoms with E-state index in [9.17, 15) is 18.0 Å². The standard InChI is InChI=1S/C22H24N4O5S2/c1-13(27)16-6-4-8-18(10-16)24-22(28)17-7-5-9-26(12-17)33(29,30)20-11-19(32-14(20)2)21-23-15(3)31-25-21/h4,6,8,10-11,17H,5,7,9,12H2,1-3H3,(H,24,28)/t17-/m0/s1. The number of aromatic nitrogens is 2. The summed E-state index contributed by atoms with van der Waals surface area (Å²) in [4.78, 5) is 30.1.